The summed E-state index contributed by atoms with van der Waals surface area (Å²) in [5, 5.41) is 0.291. The van der Waals surface area contributed by atoms with Crippen LogP contribution in [-0.2, 0) is 0 Å². The normalized spacial score (nSPS) is 15.9. The number of hydrogen-bond acceptors (Lipinski definition) is 2. The molecule has 0 amide bonds. The first-order valence-electron chi connectivity index (χ1n) is 6.20. The first-order chi connectivity index (χ1) is 8.58. The molecule has 0 bridgehead atoms. The molecule has 18 heavy (non-hydrogen) atoms. The first-order valence-corrected chi connectivity index (χ1v) is 6.58. The molecule has 1 aliphatic rings. The van der Waals surface area contributed by atoms with Crippen LogP contribution < -0.4 is 4.74 Å². The average molecular weight is 271 g/mol. The Morgan fingerprint density at radius 2 is 2.11 bits per heavy atom. The zero-order chi connectivity index (χ0) is 13.1. The quantitative estimate of drug-likeness (QED) is 0.765. The summed E-state index contributed by atoms with van der Waals surface area (Å²) < 4.78 is 19.2. The second-order valence-corrected chi connectivity index (χ2v) is 5.19. The van der Waals surface area contributed by atoms with Gasteiger partial charge in [0.2, 0.25) is 0 Å². The van der Waals surface area contributed by atoms with E-state index in [1.165, 1.54) is 31.9 Å². The minimum atomic E-state index is -0.576. The number of carbonyl (C=O) groups excluding carboxylic acids is 1. The predicted octanol–water partition coefficient (Wildman–Crippen LogP) is 4.25. The maximum atomic E-state index is 13.6. The van der Waals surface area contributed by atoms with Gasteiger partial charge in [-0.05, 0) is 31.7 Å². The summed E-state index contributed by atoms with van der Waals surface area (Å²) in [6.07, 6.45) is 4.79. The van der Waals surface area contributed by atoms with Crippen molar-refractivity contribution in [2.75, 3.05) is 6.61 Å². The molecule has 2 nitrogen and oxygen atoms in total. The van der Waals surface area contributed by atoms with E-state index in [2.05, 4.69) is 0 Å². The molecule has 1 aliphatic carbocycles. The minimum Gasteiger partial charge on any atom is -0.492 e. The third-order valence-corrected chi connectivity index (χ3v) is 3.65. The summed E-state index contributed by atoms with van der Waals surface area (Å²) in [5.74, 6) is -0.0484. The smallest absolute Gasteiger partial charge is 0.162 e. The molecule has 0 spiro atoms. The van der Waals surface area contributed by atoms with Gasteiger partial charge in [-0.25, -0.2) is 4.39 Å². The molecule has 0 N–H and O–H groups in total. The van der Waals surface area contributed by atoms with Gasteiger partial charge in [-0.2, -0.15) is 0 Å². The van der Waals surface area contributed by atoms with E-state index >= 15 is 0 Å². The fourth-order valence-electron chi connectivity index (χ4n) is 2.29. The number of benzene rings is 1. The molecule has 0 aliphatic heterocycles. The largest absolute Gasteiger partial charge is 0.492 e. The molecule has 98 valence electrons. The number of ketones is 1. The van der Waals surface area contributed by atoms with Gasteiger partial charge < -0.3 is 4.74 Å². The fourth-order valence-corrected chi connectivity index (χ4v) is 2.51. The SMILES string of the molecule is CC(=O)c1cc(Cl)c(OCC2CCCC2)cc1F. The van der Waals surface area contributed by atoms with Crippen LogP contribution in [0.15, 0.2) is 12.1 Å². The molecule has 0 aromatic heterocycles. The van der Waals surface area contributed by atoms with Gasteiger partial charge in [-0.15, -0.1) is 0 Å². The van der Waals surface area contributed by atoms with Crippen LogP contribution in [-0.4, -0.2) is 12.4 Å². The van der Waals surface area contributed by atoms with Crippen molar-refractivity contribution in [1.82, 2.24) is 0 Å². The molecule has 1 saturated carbocycles. The number of ether oxygens (including phenoxy) is 1. The van der Waals surface area contributed by atoms with E-state index in [1.807, 2.05) is 0 Å². The maximum absolute atomic E-state index is 13.6. The van der Waals surface area contributed by atoms with E-state index in [-0.39, 0.29) is 11.3 Å². The molecule has 0 saturated heterocycles. The van der Waals surface area contributed by atoms with Crippen LogP contribution in [0, 0.1) is 11.7 Å². The van der Waals surface area contributed by atoms with Crippen molar-refractivity contribution in [1.29, 1.82) is 0 Å². The van der Waals surface area contributed by atoms with Crippen molar-refractivity contribution in [2.45, 2.75) is 32.6 Å². The van der Waals surface area contributed by atoms with Gasteiger partial charge in [0.1, 0.15) is 11.6 Å². The molecule has 0 heterocycles. The Kier molecular flexibility index (Phi) is 4.23. The van der Waals surface area contributed by atoms with Crippen molar-refractivity contribution >= 4 is 17.4 Å². The summed E-state index contributed by atoms with van der Waals surface area (Å²) in [4.78, 5) is 11.2. The number of carbonyl (C=O) groups is 1. The van der Waals surface area contributed by atoms with E-state index in [4.69, 9.17) is 16.3 Å². The minimum absolute atomic E-state index is 0.00761. The van der Waals surface area contributed by atoms with Gasteiger partial charge in [0.05, 0.1) is 17.2 Å². The van der Waals surface area contributed by atoms with Gasteiger partial charge in [0.15, 0.2) is 5.78 Å². The number of rotatable bonds is 4. The van der Waals surface area contributed by atoms with E-state index < -0.39 is 5.82 Å². The van der Waals surface area contributed by atoms with Crippen LogP contribution in [0.1, 0.15) is 43.0 Å². The van der Waals surface area contributed by atoms with Gasteiger partial charge in [0.25, 0.3) is 0 Å². The van der Waals surface area contributed by atoms with Crippen molar-refractivity contribution in [3.8, 4) is 5.75 Å². The van der Waals surface area contributed by atoms with Crippen LogP contribution in [0.3, 0.4) is 0 Å². The monoisotopic (exact) mass is 270 g/mol. The lowest BCUT2D eigenvalue weighted by molar-refractivity contribution is 0.101. The third kappa shape index (κ3) is 3.02. The Morgan fingerprint density at radius 3 is 2.72 bits per heavy atom. The highest BCUT2D eigenvalue weighted by Gasteiger charge is 2.17. The molecular formula is C14H16ClFO2. The number of Topliss-reactive ketones (excluding diaryl/α,β-unsaturated/α-hetero) is 1. The van der Waals surface area contributed by atoms with Crippen LogP contribution in [0.4, 0.5) is 4.39 Å². The molecule has 0 unspecified atom stereocenters. The highest BCUT2D eigenvalue weighted by Crippen LogP contribution is 2.30. The van der Waals surface area contributed by atoms with E-state index in [0.29, 0.717) is 23.3 Å². The Labute approximate surface area is 111 Å². The summed E-state index contributed by atoms with van der Waals surface area (Å²) in [6.45, 7) is 1.88. The lowest BCUT2D eigenvalue weighted by Gasteiger charge is -2.13. The van der Waals surface area contributed by atoms with Gasteiger partial charge in [-0.1, -0.05) is 24.4 Å². The predicted molar refractivity (Wildman–Crippen MR) is 68.9 cm³/mol. The molecule has 2 rings (SSSR count). The topological polar surface area (TPSA) is 26.3 Å². The molecule has 1 aromatic carbocycles. The second kappa shape index (κ2) is 5.70. The van der Waals surface area contributed by atoms with Crippen LogP contribution in [0.5, 0.6) is 5.75 Å². The van der Waals surface area contributed by atoms with Crippen molar-refractivity contribution in [3.05, 3.63) is 28.5 Å². The highest BCUT2D eigenvalue weighted by atomic mass is 35.5. The van der Waals surface area contributed by atoms with E-state index in [9.17, 15) is 9.18 Å². The van der Waals surface area contributed by atoms with Gasteiger partial charge >= 0.3 is 0 Å². The van der Waals surface area contributed by atoms with Crippen molar-refractivity contribution < 1.29 is 13.9 Å². The van der Waals surface area contributed by atoms with E-state index in [1.54, 1.807) is 0 Å². The second-order valence-electron chi connectivity index (χ2n) is 4.78. The Hall–Kier alpha value is -1.09. The first kappa shape index (κ1) is 13.3. The molecule has 0 atom stereocenters. The zero-order valence-corrected chi connectivity index (χ0v) is 11.1. The lowest BCUT2D eigenvalue weighted by atomic mass is 10.1. The van der Waals surface area contributed by atoms with Crippen LogP contribution >= 0.6 is 11.6 Å². The summed E-state index contributed by atoms with van der Waals surface area (Å²) in [7, 11) is 0. The highest BCUT2D eigenvalue weighted by molar-refractivity contribution is 6.32. The summed E-state index contributed by atoms with van der Waals surface area (Å²) >= 11 is 5.99. The summed E-state index contributed by atoms with van der Waals surface area (Å²) in [5.41, 5.74) is 0.00761. The molecule has 1 aromatic rings. The summed E-state index contributed by atoms with van der Waals surface area (Å²) in [6, 6.07) is 2.54. The molecule has 4 heteroatoms. The maximum Gasteiger partial charge on any atom is 0.162 e. The van der Waals surface area contributed by atoms with Gasteiger partial charge in [0, 0.05) is 6.07 Å². The zero-order valence-electron chi connectivity index (χ0n) is 10.3. The molecule has 0 radical (unpaired) electrons. The Balaban J connectivity index is 2.08. The lowest BCUT2D eigenvalue weighted by Crippen LogP contribution is -2.09. The van der Waals surface area contributed by atoms with Crippen LogP contribution in [0.25, 0.3) is 0 Å². The fraction of sp³-hybridized carbons (Fsp3) is 0.500. The standard InChI is InChI=1S/C14H16ClFO2/c1-9(17)11-6-12(15)14(7-13(11)16)18-8-10-4-2-3-5-10/h6-7,10H,2-5,8H2,1H3. The third-order valence-electron chi connectivity index (χ3n) is 3.35. The van der Waals surface area contributed by atoms with Gasteiger partial charge in [-0.3, -0.25) is 4.79 Å². The molecular weight excluding hydrogens is 255 g/mol. The number of halogens is 2. The average Bonchev–Trinajstić information content (AvgIpc) is 2.82. The number of hydrogen-bond donors (Lipinski definition) is 0. The Morgan fingerprint density at radius 1 is 1.44 bits per heavy atom. The van der Waals surface area contributed by atoms with E-state index in [0.717, 1.165) is 12.8 Å². The Bertz CT molecular complexity index is 453. The van der Waals surface area contributed by atoms with Crippen LogP contribution in [0.2, 0.25) is 5.02 Å². The van der Waals surface area contributed by atoms with Crippen molar-refractivity contribution in [2.24, 2.45) is 5.92 Å². The molecule has 1 fully saturated rings. The van der Waals surface area contributed by atoms with Crippen molar-refractivity contribution in [3.63, 3.8) is 0 Å².